The number of benzene rings is 1. The molecule has 1 amide bonds. The summed E-state index contributed by atoms with van der Waals surface area (Å²) >= 11 is 0. The third-order valence-corrected chi connectivity index (χ3v) is 4.29. The average Bonchev–Trinajstić information content (AvgIpc) is 2.72. The predicted molar refractivity (Wildman–Crippen MR) is 90.9 cm³/mol. The molecule has 2 rings (SSSR count). The van der Waals surface area contributed by atoms with E-state index < -0.39 is 0 Å². The van der Waals surface area contributed by atoms with Gasteiger partial charge < -0.3 is 10.2 Å². The molecular weight excluding hydrogens is 284 g/mol. The smallest absolute Gasteiger partial charge is 0.241 e. The highest BCUT2D eigenvalue weighted by Gasteiger charge is 2.21. The normalized spacial score (nSPS) is 18.8. The number of anilines is 1. The van der Waals surface area contributed by atoms with E-state index in [2.05, 4.69) is 19.2 Å². The summed E-state index contributed by atoms with van der Waals surface area (Å²) in [5, 5.41) is 3.20. The minimum Gasteiger partial charge on any atom is -0.376 e. The van der Waals surface area contributed by atoms with Gasteiger partial charge in [-0.3, -0.25) is 4.79 Å². The molecule has 0 saturated carbocycles. The third kappa shape index (κ3) is 5.58. The molecule has 1 atom stereocenters. The lowest BCUT2D eigenvalue weighted by atomic mass is 9.89. The van der Waals surface area contributed by atoms with Crippen LogP contribution in [0.1, 0.15) is 33.1 Å². The second kappa shape index (κ2) is 8.93. The molecule has 1 unspecified atom stereocenters. The Balaban J connectivity index is 0.00000220. The summed E-state index contributed by atoms with van der Waals surface area (Å²) in [7, 11) is 0. The van der Waals surface area contributed by atoms with Crippen LogP contribution < -0.4 is 5.32 Å². The Hall–Kier alpha value is -1.22. The van der Waals surface area contributed by atoms with Crippen molar-refractivity contribution in [2.75, 3.05) is 25.0 Å². The van der Waals surface area contributed by atoms with E-state index >= 15 is 0 Å². The Kier molecular flexibility index (Phi) is 7.58. The fourth-order valence-electron chi connectivity index (χ4n) is 2.88. The van der Waals surface area contributed by atoms with E-state index in [0.29, 0.717) is 6.54 Å². The van der Waals surface area contributed by atoms with E-state index in [0.717, 1.165) is 43.5 Å². The van der Waals surface area contributed by atoms with Crippen molar-refractivity contribution in [2.24, 2.45) is 11.8 Å². The van der Waals surface area contributed by atoms with Crippen LogP contribution in [-0.2, 0) is 4.79 Å². The number of rotatable bonds is 4. The fraction of sp³-hybridized carbons (Fsp3) is 0.588. The number of para-hydroxylation sites is 1. The zero-order valence-electron chi connectivity index (χ0n) is 13.0. The Labute approximate surface area is 134 Å². The largest absolute Gasteiger partial charge is 0.376 e. The predicted octanol–water partition coefficient (Wildman–Crippen LogP) is 3.81. The molecule has 21 heavy (non-hydrogen) atoms. The van der Waals surface area contributed by atoms with Crippen molar-refractivity contribution in [3.05, 3.63) is 30.3 Å². The van der Waals surface area contributed by atoms with Crippen LogP contribution in [0, 0.1) is 11.8 Å². The molecule has 1 aliphatic rings. The van der Waals surface area contributed by atoms with Crippen LogP contribution in [0.25, 0.3) is 0 Å². The lowest BCUT2D eigenvalue weighted by molar-refractivity contribution is -0.129. The van der Waals surface area contributed by atoms with Crippen LogP contribution in [-0.4, -0.2) is 30.4 Å². The van der Waals surface area contributed by atoms with E-state index in [4.69, 9.17) is 0 Å². The second-order valence-corrected chi connectivity index (χ2v) is 6.04. The summed E-state index contributed by atoms with van der Waals surface area (Å²) < 4.78 is 0. The van der Waals surface area contributed by atoms with Crippen molar-refractivity contribution >= 4 is 24.0 Å². The van der Waals surface area contributed by atoms with Crippen LogP contribution >= 0.6 is 12.4 Å². The summed E-state index contributed by atoms with van der Waals surface area (Å²) in [5.41, 5.74) is 1.01. The molecule has 4 heteroatoms. The summed E-state index contributed by atoms with van der Waals surface area (Å²) in [6, 6.07) is 9.92. The van der Waals surface area contributed by atoms with Crippen LogP contribution in [0.15, 0.2) is 30.3 Å². The number of carbonyl (C=O) groups is 1. The van der Waals surface area contributed by atoms with Gasteiger partial charge >= 0.3 is 0 Å². The zero-order valence-corrected chi connectivity index (χ0v) is 13.9. The van der Waals surface area contributed by atoms with Crippen LogP contribution in [0.3, 0.4) is 0 Å². The number of likely N-dealkylation sites (tertiary alicyclic amines) is 1. The zero-order chi connectivity index (χ0) is 14.4. The second-order valence-electron chi connectivity index (χ2n) is 6.04. The van der Waals surface area contributed by atoms with Gasteiger partial charge in [0.1, 0.15) is 0 Å². The molecule has 0 radical (unpaired) electrons. The number of hydrogen-bond donors (Lipinski definition) is 1. The quantitative estimate of drug-likeness (QED) is 0.917. The molecule has 1 saturated heterocycles. The van der Waals surface area contributed by atoms with Crippen LogP contribution in [0.2, 0.25) is 0 Å². The standard InChI is InChI=1S/C17H26N2O.ClH/c1-14(2)15-7-6-11-19(12-10-15)17(20)13-18-16-8-4-3-5-9-16;/h3-5,8-9,14-15,18H,6-7,10-13H2,1-2H3;1H. The van der Waals surface area contributed by atoms with E-state index in [1.807, 2.05) is 35.2 Å². The van der Waals surface area contributed by atoms with Gasteiger partial charge in [-0.15, -0.1) is 12.4 Å². The Morgan fingerprint density at radius 1 is 1.24 bits per heavy atom. The highest BCUT2D eigenvalue weighted by molar-refractivity contribution is 5.85. The van der Waals surface area contributed by atoms with E-state index in [1.165, 1.54) is 6.42 Å². The highest BCUT2D eigenvalue weighted by Crippen LogP contribution is 2.24. The van der Waals surface area contributed by atoms with Crippen molar-refractivity contribution < 1.29 is 4.79 Å². The molecule has 1 aromatic rings. The van der Waals surface area contributed by atoms with Crippen LogP contribution in [0.5, 0.6) is 0 Å². The van der Waals surface area contributed by atoms with Crippen molar-refractivity contribution in [2.45, 2.75) is 33.1 Å². The van der Waals surface area contributed by atoms with Gasteiger partial charge in [0.25, 0.3) is 0 Å². The van der Waals surface area contributed by atoms with E-state index in [1.54, 1.807) is 0 Å². The van der Waals surface area contributed by atoms with Crippen molar-refractivity contribution in [3.63, 3.8) is 0 Å². The SMILES string of the molecule is CC(C)C1CCCN(C(=O)CNc2ccccc2)CC1.Cl. The molecule has 1 aromatic carbocycles. The first-order chi connectivity index (χ1) is 9.66. The molecule has 3 nitrogen and oxygen atoms in total. The number of carbonyl (C=O) groups excluding carboxylic acids is 1. The Morgan fingerprint density at radius 3 is 2.62 bits per heavy atom. The fourth-order valence-corrected chi connectivity index (χ4v) is 2.88. The highest BCUT2D eigenvalue weighted by atomic mass is 35.5. The van der Waals surface area contributed by atoms with Gasteiger partial charge in [0, 0.05) is 18.8 Å². The van der Waals surface area contributed by atoms with Gasteiger partial charge in [-0.2, -0.15) is 0 Å². The maximum Gasteiger partial charge on any atom is 0.241 e. The maximum atomic E-state index is 12.3. The molecule has 0 bridgehead atoms. The summed E-state index contributed by atoms with van der Waals surface area (Å²) in [4.78, 5) is 14.3. The van der Waals surface area contributed by atoms with Crippen LogP contribution in [0.4, 0.5) is 5.69 Å². The maximum absolute atomic E-state index is 12.3. The topological polar surface area (TPSA) is 32.3 Å². The Morgan fingerprint density at radius 2 is 1.95 bits per heavy atom. The van der Waals surface area contributed by atoms with Gasteiger partial charge in [0.05, 0.1) is 6.54 Å². The van der Waals surface area contributed by atoms with Gasteiger partial charge in [0.2, 0.25) is 5.91 Å². The minimum absolute atomic E-state index is 0. The van der Waals surface area contributed by atoms with Gasteiger partial charge in [-0.05, 0) is 43.2 Å². The minimum atomic E-state index is 0. The molecule has 1 N–H and O–H groups in total. The van der Waals surface area contributed by atoms with E-state index in [9.17, 15) is 4.79 Å². The first-order valence-electron chi connectivity index (χ1n) is 7.73. The molecule has 1 aliphatic heterocycles. The molecule has 1 heterocycles. The molecule has 118 valence electrons. The lowest BCUT2D eigenvalue weighted by Crippen LogP contribution is -2.36. The molecule has 1 fully saturated rings. The lowest BCUT2D eigenvalue weighted by Gasteiger charge is -2.22. The first-order valence-corrected chi connectivity index (χ1v) is 7.73. The van der Waals surface area contributed by atoms with E-state index in [-0.39, 0.29) is 18.3 Å². The van der Waals surface area contributed by atoms with Crippen molar-refractivity contribution in [1.29, 1.82) is 0 Å². The molecule has 0 spiro atoms. The molecule has 0 aromatic heterocycles. The monoisotopic (exact) mass is 310 g/mol. The van der Waals surface area contributed by atoms with Crippen molar-refractivity contribution in [3.8, 4) is 0 Å². The van der Waals surface area contributed by atoms with Gasteiger partial charge in [0.15, 0.2) is 0 Å². The average molecular weight is 311 g/mol. The Bertz CT molecular complexity index is 422. The number of amides is 1. The molecule has 0 aliphatic carbocycles. The van der Waals surface area contributed by atoms with Gasteiger partial charge in [-0.25, -0.2) is 0 Å². The summed E-state index contributed by atoms with van der Waals surface area (Å²) in [6.45, 7) is 6.81. The van der Waals surface area contributed by atoms with Gasteiger partial charge in [-0.1, -0.05) is 32.0 Å². The summed E-state index contributed by atoms with van der Waals surface area (Å²) in [6.07, 6.45) is 3.54. The third-order valence-electron chi connectivity index (χ3n) is 4.29. The summed E-state index contributed by atoms with van der Waals surface area (Å²) in [5.74, 6) is 1.72. The molecular formula is C17H27ClN2O. The number of nitrogens with one attached hydrogen (secondary N) is 1. The first kappa shape index (κ1) is 17.8. The number of halogens is 1. The van der Waals surface area contributed by atoms with Crippen molar-refractivity contribution in [1.82, 2.24) is 4.90 Å². The number of hydrogen-bond acceptors (Lipinski definition) is 2. The number of nitrogens with zero attached hydrogens (tertiary/aromatic N) is 1.